The van der Waals surface area contributed by atoms with Gasteiger partial charge in [0.1, 0.15) is 8.64 Å². The summed E-state index contributed by atoms with van der Waals surface area (Å²) >= 11 is 11.8. The van der Waals surface area contributed by atoms with Gasteiger partial charge in [0.05, 0.1) is 0 Å². The van der Waals surface area contributed by atoms with Crippen molar-refractivity contribution >= 4 is 116 Å². The second-order valence-electron chi connectivity index (χ2n) is 13.4. The average Bonchev–Trinajstić information content (AvgIpc) is 3.23. The molecule has 0 amide bonds. The van der Waals surface area contributed by atoms with Gasteiger partial charge in [0.25, 0.3) is 0 Å². The van der Waals surface area contributed by atoms with Gasteiger partial charge in [0.2, 0.25) is 0 Å². The van der Waals surface area contributed by atoms with Crippen molar-refractivity contribution < 1.29 is 51.9 Å². The van der Waals surface area contributed by atoms with Gasteiger partial charge in [-0.3, -0.25) is 0 Å². The molecule has 18 heteroatoms. The topological polar surface area (TPSA) is 105 Å². The third kappa shape index (κ3) is 30.5. The van der Waals surface area contributed by atoms with Crippen molar-refractivity contribution in [1.82, 2.24) is 9.80 Å². The van der Waals surface area contributed by atoms with E-state index in [1.165, 1.54) is 54.2 Å². The first kappa shape index (κ1) is 58.6. The maximum absolute atomic E-state index is 10.7. The summed E-state index contributed by atoms with van der Waals surface area (Å²) in [6.45, 7) is 3.32. The molecule has 1 N–H and O–H groups in total. The molecule has 0 saturated carbocycles. The number of hydrogen-bond donors (Lipinski definition) is 0. The smallest absolute Gasteiger partial charge is 0.870 e. The van der Waals surface area contributed by atoms with E-state index in [2.05, 4.69) is 131 Å². The number of thiocarbonyl (C=S) groups is 2. The van der Waals surface area contributed by atoms with Crippen LogP contribution in [0.2, 0.25) is 0 Å². The maximum atomic E-state index is 10.7. The summed E-state index contributed by atoms with van der Waals surface area (Å²) < 4.78 is 43.7. The average molecular weight is 1020 g/mol. The fourth-order valence-electron chi connectivity index (χ4n) is 5.45. The van der Waals surface area contributed by atoms with E-state index in [1.54, 1.807) is 21.6 Å². The van der Waals surface area contributed by atoms with E-state index in [0.29, 0.717) is 11.5 Å². The predicted molar refractivity (Wildman–Crippen MR) is 277 cm³/mol. The number of nitrogens with zero attached hydrogens (tertiary/aromatic N) is 2. The normalized spacial score (nSPS) is 10.8. The van der Waals surface area contributed by atoms with Crippen LogP contribution in [-0.4, -0.2) is 61.6 Å². The molecule has 0 aromatic heterocycles. The summed E-state index contributed by atoms with van der Waals surface area (Å²) in [7, 11) is 4.26. The van der Waals surface area contributed by atoms with Crippen LogP contribution in [0.25, 0.3) is 0 Å². The third-order valence-corrected chi connectivity index (χ3v) is 19.0. The molecule has 0 fully saturated rings. The van der Waals surface area contributed by atoms with Gasteiger partial charge >= 0.3 is 29.6 Å². The molecular formula is C43H56N2NaO5S10-. The van der Waals surface area contributed by atoms with E-state index < -0.39 is 18.6 Å². The minimum absolute atomic E-state index is 0. The molecule has 0 spiro atoms. The Morgan fingerprint density at radius 3 is 1.10 bits per heavy atom. The fourth-order valence-corrected chi connectivity index (χ4v) is 13.6. The maximum Gasteiger partial charge on any atom is 1.00 e. The Labute approximate surface area is 423 Å². The zero-order valence-corrected chi connectivity index (χ0v) is 45.1. The van der Waals surface area contributed by atoms with Crippen molar-refractivity contribution in [3.8, 4) is 0 Å². The van der Waals surface area contributed by atoms with Crippen LogP contribution < -0.4 is 29.6 Å². The molecule has 0 aliphatic carbocycles. The molecule has 0 heterocycles. The SMILES string of the molecule is CS(=O)(=O)SCCCCCCS[S-](=O)=O.S=C(SSCCCCCCSSC(=S)N(Cc1ccccc1)Cc1ccccc1)N(Cc1ccccc1)Cc1ccccc1.[Na+].[OH-]. The Bertz CT molecular complexity index is 1720. The van der Waals surface area contributed by atoms with Crippen molar-refractivity contribution in [2.45, 2.75) is 77.5 Å². The number of unbranched alkanes of at least 4 members (excludes halogenated alkanes) is 6. The predicted octanol–water partition coefficient (Wildman–Crippen LogP) is 10.3. The Morgan fingerprint density at radius 1 is 0.508 bits per heavy atom. The molecular weight excluding hydrogens is 968 g/mol. The third-order valence-electron chi connectivity index (χ3n) is 8.36. The molecule has 4 aromatic rings. The van der Waals surface area contributed by atoms with Gasteiger partial charge in [-0.1, -0.05) is 193 Å². The fraction of sp³-hybridized carbons (Fsp3) is 0.395. The second kappa shape index (κ2) is 36.8. The first-order valence-corrected chi connectivity index (χ1v) is 30.9. The van der Waals surface area contributed by atoms with Crippen molar-refractivity contribution in [3.05, 3.63) is 144 Å². The quantitative estimate of drug-likeness (QED) is 0.0196. The van der Waals surface area contributed by atoms with Gasteiger partial charge in [0, 0.05) is 49.7 Å². The van der Waals surface area contributed by atoms with Crippen molar-refractivity contribution in [2.75, 3.05) is 29.3 Å². The number of rotatable bonds is 26. The minimum atomic E-state index is -2.90. The van der Waals surface area contributed by atoms with Crippen molar-refractivity contribution in [2.24, 2.45) is 0 Å². The van der Waals surface area contributed by atoms with Gasteiger partial charge in [-0.15, -0.1) is 0 Å². The second-order valence-corrected chi connectivity index (χ2v) is 26.6. The molecule has 0 radical (unpaired) electrons. The molecule has 4 rings (SSSR count). The zero-order chi connectivity index (χ0) is 42.4. The van der Waals surface area contributed by atoms with Gasteiger partial charge in [-0.05, 0) is 95.8 Å². The van der Waals surface area contributed by atoms with E-state index in [1.807, 2.05) is 21.6 Å². The van der Waals surface area contributed by atoms with Crippen LogP contribution in [0.4, 0.5) is 0 Å². The zero-order valence-electron chi connectivity index (χ0n) is 34.9. The molecule has 7 nitrogen and oxygen atoms in total. The summed E-state index contributed by atoms with van der Waals surface area (Å²) in [4.78, 5) is 4.63. The summed E-state index contributed by atoms with van der Waals surface area (Å²) in [6, 6.07) is 42.4. The van der Waals surface area contributed by atoms with Crippen LogP contribution in [0.3, 0.4) is 0 Å². The Balaban J connectivity index is 0.000000936. The van der Waals surface area contributed by atoms with Gasteiger partial charge in [-0.25, -0.2) is 19.2 Å². The van der Waals surface area contributed by atoms with Crippen LogP contribution in [0.5, 0.6) is 0 Å². The van der Waals surface area contributed by atoms with Crippen LogP contribution in [-0.2, 0) is 53.2 Å². The van der Waals surface area contributed by atoms with Gasteiger partial charge in [-0.2, -0.15) is 0 Å². The Hall–Kier alpha value is -0.380. The molecule has 0 aliphatic heterocycles. The number of benzene rings is 4. The summed E-state index contributed by atoms with van der Waals surface area (Å²) in [6.07, 6.45) is 9.78. The van der Waals surface area contributed by atoms with Crippen molar-refractivity contribution in [3.63, 3.8) is 0 Å². The Kier molecular flexibility index (Phi) is 35.4. The largest absolute Gasteiger partial charge is 1.00 e. The molecule has 0 saturated heterocycles. The van der Waals surface area contributed by atoms with E-state index >= 15 is 0 Å². The van der Waals surface area contributed by atoms with E-state index in [9.17, 15) is 16.8 Å². The van der Waals surface area contributed by atoms with Crippen molar-refractivity contribution in [1.29, 1.82) is 0 Å². The molecule has 330 valence electrons. The monoisotopic (exact) mass is 1020 g/mol. The number of hydrogen-bond acceptors (Lipinski definition) is 14. The first-order chi connectivity index (χ1) is 28.6. The molecule has 0 atom stereocenters. The first-order valence-electron chi connectivity index (χ1n) is 19.5. The van der Waals surface area contributed by atoms with Crippen LogP contribution in [0, 0.1) is 0 Å². The van der Waals surface area contributed by atoms with E-state index in [0.717, 1.165) is 93.6 Å². The van der Waals surface area contributed by atoms with E-state index in [-0.39, 0.29) is 35.0 Å². The van der Waals surface area contributed by atoms with Crippen LogP contribution in [0.1, 0.15) is 73.6 Å². The molecule has 0 unspecified atom stereocenters. The Morgan fingerprint density at radius 2 is 0.803 bits per heavy atom. The molecule has 61 heavy (non-hydrogen) atoms. The standard InChI is InChI=1S/C36H40N2S6.C7H15O4S4.Na.H2O/c39-35(37(27-31-17-7-3-8-18-31)28-32-19-9-4-10-20-32)43-41-25-15-1-2-16-26-42-44-36(40)38(29-33-21-11-5-12-22-33)30-34-23-13-6-14-24-34;1-15(10,11)13-7-5-3-2-4-6-12-14(8)9;;/h3-14,17-24H,1-2,15-16,25-30H2;2-7H2,1H3;;1H2/q;-1;+1;/p-1. The summed E-state index contributed by atoms with van der Waals surface area (Å²) in [5, 5.41) is 0. The van der Waals surface area contributed by atoms with Gasteiger partial charge in [0.15, 0.2) is 8.87 Å². The summed E-state index contributed by atoms with van der Waals surface area (Å²) in [5.74, 6) is 3.49. The minimum Gasteiger partial charge on any atom is -0.870 e. The van der Waals surface area contributed by atoms with Crippen LogP contribution in [0.15, 0.2) is 121 Å². The van der Waals surface area contributed by atoms with Crippen LogP contribution >= 0.6 is 89.2 Å². The summed E-state index contributed by atoms with van der Waals surface area (Å²) in [5.41, 5.74) is 5.14. The molecule has 4 aromatic carbocycles. The van der Waals surface area contributed by atoms with Gasteiger partial charge < -0.3 is 23.7 Å². The molecule has 0 bridgehead atoms. The van der Waals surface area contributed by atoms with E-state index in [4.69, 9.17) is 24.4 Å². The molecule has 0 aliphatic rings.